The quantitative estimate of drug-likeness (QED) is 0.138. The Bertz CT molecular complexity index is 2180. The van der Waals surface area contributed by atoms with E-state index in [-0.39, 0.29) is 39.6 Å². The highest BCUT2D eigenvalue weighted by Gasteiger charge is 2.85. The van der Waals surface area contributed by atoms with Gasteiger partial charge in [0.1, 0.15) is 34.7 Å². The van der Waals surface area contributed by atoms with Crippen LogP contribution in [0.4, 0.5) is 4.79 Å². The standard InChI is InChI=1S/C46H66N6O8S/c1-9-30-25-46(30,40(56)51-61(58,59)33-20-15-19-29-21-24-47-34(29)33)50-37(53)32-26-45(43(7,8)44(45)22-16-23-44)27-52(32)39(55)36(42(4,5)6)49-38(54)35(28-17-13-12-14-18-28)48-41(57)60-31(10-2)11-3/h9,15,19-21,24,28,30-32,35-36,47H,1,10-14,16-18,22-23,25-27H2,2-8H3,(H,48,57)(H,49,54)(H,50,53)(H,51,56)/t30-,32+,35+,36-,45-,46-/m1/s1. The molecule has 2 heterocycles. The summed E-state index contributed by atoms with van der Waals surface area (Å²) >= 11 is 0. The molecule has 5 aliphatic rings. The Hall–Kier alpha value is -4.40. The first kappa shape index (κ1) is 44.6. The number of hydrogen-bond acceptors (Lipinski definition) is 8. The smallest absolute Gasteiger partial charge is 0.408 e. The van der Waals surface area contributed by atoms with Crippen molar-refractivity contribution in [2.24, 2.45) is 33.5 Å². The molecule has 2 spiro atoms. The minimum Gasteiger partial charge on any atom is -0.446 e. The first-order chi connectivity index (χ1) is 28.7. The van der Waals surface area contributed by atoms with Crippen LogP contribution >= 0.6 is 0 Å². The summed E-state index contributed by atoms with van der Waals surface area (Å²) in [5, 5.41) is 9.54. The summed E-state index contributed by atoms with van der Waals surface area (Å²) in [4.78, 5) is 76.3. The summed E-state index contributed by atoms with van der Waals surface area (Å²) in [6.07, 6.45) is 11.4. The Morgan fingerprint density at radius 3 is 2.23 bits per heavy atom. The molecule has 1 aromatic carbocycles. The predicted octanol–water partition coefficient (Wildman–Crippen LogP) is 6.23. The fraction of sp³-hybridized carbons (Fsp3) is 0.674. The van der Waals surface area contributed by atoms with Gasteiger partial charge in [-0.05, 0) is 85.7 Å². The zero-order valence-corrected chi connectivity index (χ0v) is 37.8. The summed E-state index contributed by atoms with van der Waals surface area (Å²) < 4.78 is 35.3. The van der Waals surface area contributed by atoms with Crippen LogP contribution in [-0.4, -0.2) is 84.3 Å². The lowest BCUT2D eigenvalue weighted by molar-refractivity contribution is -0.145. The highest BCUT2D eigenvalue weighted by Crippen LogP contribution is 2.88. The zero-order chi connectivity index (χ0) is 44.3. The molecular formula is C46H66N6O8S. The lowest BCUT2D eigenvalue weighted by Crippen LogP contribution is -2.62. The number of carbonyl (C=O) groups is 5. The third kappa shape index (κ3) is 7.53. The van der Waals surface area contributed by atoms with Gasteiger partial charge in [-0.25, -0.2) is 17.9 Å². The van der Waals surface area contributed by atoms with Crippen molar-refractivity contribution in [3.8, 4) is 0 Å². The molecule has 2 aromatic rings. The molecule has 5 fully saturated rings. The van der Waals surface area contributed by atoms with Gasteiger partial charge < -0.3 is 30.6 Å². The van der Waals surface area contributed by atoms with E-state index in [2.05, 4.69) is 46.1 Å². The number of rotatable bonds is 14. The van der Waals surface area contributed by atoms with Crippen LogP contribution < -0.4 is 20.7 Å². The van der Waals surface area contributed by atoms with E-state index in [9.17, 15) is 27.6 Å². The highest BCUT2D eigenvalue weighted by atomic mass is 32.2. The fourth-order valence-corrected chi connectivity index (χ4v) is 12.9. The second kappa shape index (κ2) is 16.1. The Kier molecular flexibility index (Phi) is 11.8. The number of ether oxygens (including phenoxy) is 1. The second-order valence-corrected chi connectivity index (χ2v) is 21.8. The van der Waals surface area contributed by atoms with E-state index in [1.807, 2.05) is 34.6 Å². The number of nitrogens with zero attached hydrogens (tertiary/aromatic N) is 1. The van der Waals surface area contributed by atoms with Crippen molar-refractivity contribution in [3.63, 3.8) is 0 Å². The third-order valence-corrected chi connectivity index (χ3v) is 17.1. The molecule has 14 nitrogen and oxygen atoms in total. The molecule has 1 aromatic heterocycles. The maximum Gasteiger partial charge on any atom is 0.408 e. The molecule has 0 unspecified atom stereocenters. The van der Waals surface area contributed by atoms with Gasteiger partial charge in [0.15, 0.2) is 0 Å². The monoisotopic (exact) mass is 862 g/mol. The zero-order valence-electron chi connectivity index (χ0n) is 36.9. The Morgan fingerprint density at radius 2 is 1.66 bits per heavy atom. The van der Waals surface area contributed by atoms with Crippen LogP contribution in [0, 0.1) is 33.5 Å². The first-order valence-corrected chi connectivity index (χ1v) is 23.9. The molecular weight excluding hydrogens is 797 g/mol. The number of aromatic amines is 1. The summed E-state index contributed by atoms with van der Waals surface area (Å²) in [5.74, 6) is -3.03. The van der Waals surface area contributed by atoms with Gasteiger partial charge in [-0.1, -0.05) is 92.4 Å². The molecule has 0 bridgehead atoms. The number of H-pyrrole nitrogens is 1. The Labute approximate surface area is 360 Å². The molecule has 334 valence electrons. The number of amides is 5. The summed E-state index contributed by atoms with van der Waals surface area (Å²) in [5.41, 5.74) is -2.67. The van der Waals surface area contributed by atoms with Crippen LogP contribution in [0.1, 0.15) is 126 Å². The van der Waals surface area contributed by atoms with Crippen LogP contribution in [0.25, 0.3) is 10.9 Å². The minimum absolute atomic E-state index is 0.0511. The van der Waals surface area contributed by atoms with Gasteiger partial charge in [0.05, 0.1) is 5.52 Å². The highest BCUT2D eigenvalue weighted by molar-refractivity contribution is 7.90. The SMILES string of the molecule is C=C[C@@H]1C[C@]1(NC(=O)[C@@H]1C[C@@]2(CN1C(=O)[C@@H](NC(=O)[C@@H](NC(=O)OC(CC)CC)C1CCCCC1)C(C)(C)C)C(C)(C)C21CCC1)C(=O)NS(=O)(=O)c1cccc2cc[nH]c12. The molecule has 4 aliphatic carbocycles. The van der Waals surface area contributed by atoms with Crippen molar-refractivity contribution in [2.75, 3.05) is 6.54 Å². The molecule has 15 heteroatoms. The van der Waals surface area contributed by atoms with Gasteiger partial charge in [0.2, 0.25) is 17.7 Å². The number of carbonyl (C=O) groups excluding carboxylic acids is 5. The number of para-hydroxylation sites is 1. The van der Waals surface area contributed by atoms with Crippen molar-refractivity contribution >= 4 is 50.6 Å². The maximum atomic E-state index is 15.2. The van der Waals surface area contributed by atoms with Gasteiger partial charge in [-0.3, -0.25) is 19.2 Å². The van der Waals surface area contributed by atoms with Crippen molar-refractivity contribution in [1.29, 1.82) is 0 Å². The number of alkyl carbamates (subject to hydrolysis) is 1. The number of hydrogen-bond donors (Lipinski definition) is 5. The van der Waals surface area contributed by atoms with E-state index in [0.29, 0.717) is 36.7 Å². The van der Waals surface area contributed by atoms with Gasteiger partial charge >= 0.3 is 6.09 Å². The van der Waals surface area contributed by atoms with E-state index in [1.165, 1.54) is 12.1 Å². The molecule has 1 aliphatic heterocycles. The molecule has 7 rings (SSSR count). The summed E-state index contributed by atoms with van der Waals surface area (Å²) in [6.45, 7) is 18.0. The summed E-state index contributed by atoms with van der Waals surface area (Å²) in [7, 11) is -4.37. The van der Waals surface area contributed by atoms with Crippen molar-refractivity contribution < 1.29 is 37.1 Å². The normalized spacial score (nSPS) is 27.5. The minimum atomic E-state index is -4.37. The molecule has 61 heavy (non-hydrogen) atoms. The van der Waals surface area contributed by atoms with Crippen LogP contribution in [-0.2, 0) is 33.9 Å². The fourth-order valence-electron chi connectivity index (χ4n) is 11.6. The van der Waals surface area contributed by atoms with Crippen LogP contribution in [0.3, 0.4) is 0 Å². The van der Waals surface area contributed by atoms with Gasteiger partial charge in [-0.2, -0.15) is 0 Å². The third-order valence-electron chi connectivity index (χ3n) is 15.8. The topological polar surface area (TPSA) is 196 Å². The van der Waals surface area contributed by atoms with E-state index in [1.54, 1.807) is 29.3 Å². The average Bonchev–Trinajstić information content (AvgIpc) is 3.71. The molecule has 5 amide bonds. The average molecular weight is 863 g/mol. The number of fused-ring (bicyclic) bond motifs is 2. The van der Waals surface area contributed by atoms with Crippen molar-refractivity contribution in [1.82, 2.24) is 30.6 Å². The molecule has 6 atom stereocenters. The van der Waals surface area contributed by atoms with E-state index < -0.39 is 74.7 Å². The first-order valence-electron chi connectivity index (χ1n) is 22.4. The lowest BCUT2D eigenvalue weighted by Gasteiger charge is -2.38. The van der Waals surface area contributed by atoms with Crippen molar-refractivity contribution in [3.05, 3.63) is 43.1 Å². The van der Waals surface area contributed by atoms with Gasteiger partial charge in [-0.15, -0.1) is 6.58 Å². The Balaban J connectivity index is 1.16. The van der Waals surface area contributed by atoms with E-state index in [4.69, 9.17) is 4.74 Å². The molecule has 5 N–H and O–H groups in total. The number of aromatic nitrogens is 1. The number of likely N-dealkylation sites (tertiary alicyclic amines) is 1. The number of sulfonamides is 1. The van der Waals surface area contributed by atoms with Crippen LogP contribution in [0.2, 0.25) is 0 Å². The van der Waals surface area contributed by atoms with Crippen LogP contribution in [0.15, 0.2) is 48.0 Å². The van der Waals surface area contributed by atoms with Gasteiger partial charge in [0, 0.05) is 29.5 Å². The molecule has 4 saturated carbocycles. The predicted molar refractivity (Wildman–Crippen MR) is 231 cm³/mol. The van der Waals surface area contributed by atoms with E-state index in [0.717, 1.165) is 51.4 Å². The molecule has 0 radical (unpaired) electrons. The maximum absolute atomic E-state index is 15.2. The summed E-state index contributed by atoms with van der Waals surface area (Å²) in [6, 6.07) is 3.49. The number of nitrogens with one attached hydrogen (secondary N) is 5. The second-order valence-electron chi connectivity index (χ2n) is 20.1. The van der Waals surface area contributed by atoms with Crippen molar-refractivity contribution in [2.45, 2.75) is 160 Å². The van der Waals surface area contributed by atoms with E-state index >= 15 is 4.79 Å². The Morgan fingerprint density at radius 1 is 0.967 bits per heavy atom. The lowest BCUT2D eigenvalue weighted by atomic mass is 9.73. The largest absolute Gasteiger partial charge is 0.446 e. The van der Waals surface area contributed by atoms with Crippen LogP contribution in [0.5, 0.6) is 0 Å². The van der Waals surface area contributed by atoms with Gasteiger partial charge in [0.25, 0.3) is 15.9 Å². The molecule has 1 saturated heterocycles. The number of benzene rings is 1.